The molecule has 0 aliphatic heterocycles. The van der Waals surface area contributed by atoms with Crippen LogP contribution in [0, 0.1) is 0 Å². The van der Waals surface area contributed by atoms with Gasteiger partial charge >= 0.3 is 5.97 Å². The van der Waals surface area contributed by atoms with Crippen molar-refractivity contribution in [1.29, 1.82) is 0 Å². The number of allylic oxidation sites excluding steroid dienone is 2. The molecule has 0 aliphatic rings. The number of carboxylic acids is 1. The number of tetrazole rings is 1. The zero-order valence-corrected chi connectivity index (χ0v) is 10.5. The maximum atomic E-state index is 10.4. The molecule has 0 spiro atoms. The molecular weight excluding hydrogens is 252 g/mol. The summed E-state index contributed by atoms with van der Waals surface area (Å²) in [6.07, 6.45) is 0.396. The third-order valence-corrected chi connectivity index (χ3v) is 2.35. The number of hydrogen-bond donors (Lipinski definition) is 3. The van der Waals surface area contributed by atoms with Gasteiger partial charge in [-0.25, -0.2) is 4.68 Å². The van der Waals surface area contributed by atoms with Crippen LogP contribution in [0.5, 0.6) is 0 Å². The van der Waals surface area contributed by atoms with E-state index in [0.29, 0.717) is 11.4 Å². The molecule has 0 aromatic carbocycles. The van der Waals surface area contributed by atoms with Gasteiger partial charge in [-0.3, -0.25) is 4.79 Å². The van der Waals surface area contributed by atoms with Gasteiger partial charge in [0.1, 0.15) is 0 Å². The van der Waals surface area contributed by atoms with E-state index in [4.69, 9.17) is 5.11 Å². The first kappa shape index (κ1) is 15.0. The molecule has 0 bridgehead atoms. The summed E-state index contributed by atoms with van der Waals surface area (Å²) in [6.45, 7) is 3.74. The van der Waals surface area contributed by atoms with E-state index in [0.717, 1.165) is 0 Å². The van der Waals surface area contributed by atoms with Gasteiger partial charge in [-0.2, -0.15) is 0 Å². The van der Waals surface area contributed by atoms with E-state index in [1.54, 1.807) is 7.05 Å². The molecule has 0 saturated heterocycles. The summed E-state index contributed by atoms with van der Waals surface area (Å²) < 4.78 is 1.43. The van der Waals surface area contributed by atoms with Gasteiger partial charge < -0.3 is 15.3 Å². The van der Waals surface area contributed by atoms with Crippen LogP contribution in [-0.4, -0.2) is 53.7 Å². The molecule has 0 amide bonds. The van der Waals surface area contributed by atoms with Crippen LogP contribution in [0.1, 0.15) is 18.7 Å². The van der Waals surface area contributed by atoms with Gasteiger partial charge in [0, 0.05) is 19.0 Å². The number of aromatic nitrogens is 4. The average molecular weight is 268 g/mol. The van der Waals surface area contributed by atoms with E-state index in [9.17, 15) is 15.0 Å². The molecule has 0 radical (unpaired) electrons. The normalized spacial score (nSPS) is 14.5. The standard InChI is InChI=1S/C11H16N4O4/c1-7(11-12-13-14-15(11)2)3-4-8(16)5-9(17)6-10(18)19/h3-4,8-9,16-17H,1,5-6H2,2H3,(H,18,19)/b4-3+. The van der Waals surface area contributed by atoms with E-state index in [2.05, 4.69) is 22.1 Å². The minimum atomic E-state index is -1.11. The van der Waals surface area contributed by atoms with Crippen LogP contribution in [0.4, 0.5) is 0 Å². The predicted molar refractivity (Wildman–Crippen MR) is 65.9 cm³/mol. The van der Waals surface area contributed by atoms with Gasteiger partial charge in [0.15, 0.2) is 5.82 Å². The Hall–Kier alpha value is -2.06. The van der Waals surface area contributed by atoms with Crippen molar-refractivity contribution in [2.75, 3.05) is 0 Å². The number of aliphatic carboxylic acids is 1. The SMILES string of the molecule is C=C(/C=C/C(O)CC(O)CC(=O)O)c1nnnn1C. The topological polar surface area (TPSA) is 121 Å². The number of carbonyl (C=O) groups is 1. The van der Waals surface area contributed by atoms with Gasteiger partial charge in [0.05, 0.1) is 18.6 Å². The maximum Gasteiger partial charge on any atom is 0.305 e. The van der Waals surface area contributed by atoms with Crippen LogP contribution in [0.15, 0.2) is 18.7 Å². The molecule has 3 N–H and O–H groups in total. The summed E-state index contributed by atoms with van der Waals surface area (Å²) in [6, 6.07) is 0. The lowest BCUT2D eigenvalue weighted by atomic mass is 10.1. The molecule has 0 saturated carbocycles. The fourth-order valence-electron chi connectivity index (χ4n) is 1.45. The van der Waals surface area contributed by atoms with Crippen molar-refractivity contribution in [3.63, 3.8) is 0 Å². The van der Waals surface area contributed by atoms with E-state index >= 15 is 0 Å². The van der Waals surface area contributed by atoms with E-state index in [-0.39, 0.29) is 6.42 Å². The molecule has 0 aliphatic carbocycles. The average Bonchev–Trinajstić information content (AvgIpc) is 2.71. The van der Waals surface area contributed by atoms with Gasteiger partial charge in [-0.05, 0) is 10.4 Å². The van der Waals surface area contributed by atoms with Crippen LogP contribution in [0.3, 0.4) is 0 Å². The Labute approximate surface area is 109 Å². The number of nitrogens with zero attached hydrogens (tertiary/aromatic N) is 4. The molecule has 8 nitrogen and oxygen atoms in total. The highest BCUT2D eigenvalue weighted by Gasteiger charge is 2.13. The van der Waals surface area contributed by atoms with Crippen molar-refractivity contribution < 1.29 is 20.1 Å². The van der Waals surface area contributed by atoms with E-state index in [1.165, 1.54) is 16.8 Å². The summed E-state index contributed by atoms with van der Waals surface area (Å²) in [7, 11) is 1.65. The minimum Gasteiger partial charge on any atom is -0.481 e. The number of hydrogen-bond acceptors (Lipinski definition) is 6. The van der Waals surface area contributed by atoms with Crippen LogP contribution < -0.4 is 0 Å². The van der Waals surface area contributed by atoms with Crippen molar-refractivity contribution >= 4 is 11.5 Å². The zero-order valence-electron chi connectivity index (χ0n) is 10.5. The Bertz CT molecular complexity index is 483. The number of carboxylic acid groups (broad SMARTS) is 1. The second-order valence-electron chi connectivity index (χ2n) is 4.07. The molecule has 1 heterocycles. The Morgan fingerprint density at radius 3 is 2.74 bits per heavy atom. The summed E-state index contributed by atoms with van der Waals surface area (Å²) in [5.41, 5.74) is 0.499. The van der Waals surface area contributed by atoms with Crippen molar-refractivity contribution in [3.8, 4) is 0 Å². The highest BCUT2D eigenvalue weighted by Crippen LogP contribution is 2.10. The zero-order chi connectivity index (χ0) is 14.4. The van der Waals surface area contributed by atoms with Crippen molar-refractivity contribution in [2.24, 2.45) is 7.05 Å². The Kier molecular flexibility index (Phi) is 5.34. The van der Waals surface area contributed by atoms with Crippen LogP contribution >= 0.6 is 0 Å². The van der Waals surface area contributed by atoms with Crippen LogP contribution in [-0.2, 0) is 11.8 Å². The molecule has 8 heteroatoms. The largest absolute Gasteiger partial charge is 0.481 e. The third kappa shape index (κ3) is 4.98. The number of aryl methyl sites for hydroxylation is 1. The fraction of sp³-hybridized carbons (Fsp3) is 0.455. The highest BCUT2D eigenvalue weighted by molar-refractivity contribution is 5.67. The van der Waals surface area contributed by atoms with Gasteiger partial charge in [-0.1, -0.05) is 18.7 Å². The summed E-state index contributed by atoms with van der Waals surface area (Å²) in [5.74, 6) is -0.659. The highest BCUT2D eigenvalue weighted by atomic mass is 16.4. The van der Waals surface area contributed by atoms with Gasteiger partial charge in [0.25, 0.3) is 0 Å². The van der Waals surface area contributed by atoms with E-state index in [1.807, 2.05) is 0 Å². The Morgan fingerprint density at radius 1 is 1.53 bits per heavy atom. The third-order valence-electron chi connectivity index (χ3n) is 2.35. The van der Waals surface area contributed by atoms with Crippen molar-refractivity contribution in [3.05, 3.63) is 24.6 Å². The lowest BCUT2D eigenvalue weighted by molar-refractivity contribution is -0.139. The number of aliphatic hydroxyl groups excluding tert-OH is 2. The molecule has 0 fully saturated rings. The lowest BCUT2D eigenvalue weighted by Crippen LogP contribution is -2.19. The molecule has 1 aromatic rings. The Balaban J connectivity index is 2.50. The van der Waals surface area contributed by atoms with Crippen LogP contribution in [0.2, 0.25) is 0 Å². The predicted octanol–water partition coefficient (Wildman–Crippen LogP) is -0.634. The van der Waals surface area contributed by atoms with Gasteiger partial charge in [-0.15, -0.1) is 5.10 Å². The molecule has 104 valence electrons. The quantitative estimate of drug-likeness (QED) is 0.562. The number of aliphatic hydroxyl groups is 2. The molecule has 2 unspecified atom stereocenters. The van der Waals surface area contributed by atoms with Gasteiger partial charge in [0.2, 0.25) is 0 Å². The molecule has 2 atom stereocenters. The second-order valence-corrected chi connectivity index (χ2v) is 4.07. The fourth-order valence-corrected chi connectivity index (χ4v) is 1.45. The molecule has 1 rings (SSSR count). The summed E-state index contributed by atoms with van der Waals surface area (Å²) >= 11 is 0. The smallest absolute Gasteiger partial charge is 0.305 e. The first-order valence-electron chi connectivity index (χ1n) is 5.58. The molecule has 19 heavy (non-hydrogen) atoms. The minimum absolute atomic E-state index is 0.0624. The first-order chi connectivity index (χ1) is 8.90. The maximum absolute atomic E-state index is 10.4. The Morgan fingerprint density at radius 2 is 2.21 bits per heavy atom. The summed E-state index contributed by atoms with van der Waals surface area (Å²) in [5, 5.41) is 38.3. The van der Waals surface area contributed by atoms with Crippen molar-refractivity contribution in [2.45, 2.75) is 25.0 Å². The molecule has 1 aromatic heterocycles. The summed E-state index contributed by atoms with van der Waals surface area (Å²) in [4.78, 5) is 10.4. The monoisotopic (exact) mass is 268 g/mol. The second kappa shape index (κ2) is 6.76. The van der Waals surface area contributed by atoms with E-state index < -0.39 is 24.6 Å². The van der Waals surface area contributed by atoms with Crippen LogP contribution in [0.25, 0.3) is 5.57 Å². The lowest BCUT2D eigenvalue weighted by Gasteiger charge is -2.10. The number of rotatable bonds is 7. The molecular formula is C11H16N4O4. The van der Waals surface area contributed by atoms with Crippen molar-refractivity contribution in [1.82, 2.24) is 20.2 Å². The first-order valence-corrected chi connectivity index (χ1v) is 5.58.